The van der Waals surface area contributed by atoms with Crippen molar-refractivity contribution in [2.24, 2.45) is 0 Å². The molecule has 0 aromatic heterocycles. The summed E-state index contributed by atoms with van der Waals surface area (Å²) in [6, 6.07) is 5.12. The normalized spacial score (nSPS) is 20.6. The molecule has 1 nitrogen and oxygen atoms in total. The van der Waals surface area contributed by atoms with Gasteiger partial charge in [0.05, 0.1) is 0 Å². The summed E-state index contributed by atoms with van der Waals surface area (Å²) < 4.78 is 261. The Morgan fingerprint density at radius 1 is 0.393 bits per heavy atom. The van der Waals surface area contributed by atoms with Gasteiger partial charge in [-0.25, -0.2) is 22.0 Å². The summed E-state index contributed by atoms with van der Waals surface area (Å²) in [5, 5.41) is 0. The van der Waals surface area contributed by atoms with E-state index >= 15 is 57.1 Å². The predicted molar refractivity (Wildman–Crippen MR) is 169 cm³/mol. The first-order valence-corrected chi connectivity index (χ1v) is 16.1. The van der Waals surface area contributed by atoms with Crippen LogP contribution in [0, 0.1) is 29.1 Å². The molecule has 0 saturated carbocycles. The van der Waals surface area contributed by atoms with E-state index in [-0.39, 0.29) is 24.3 Å². The minimum atomic E-state index is -6.16. The summed E-state index contributed by atoms with van der Waals surface area (Å²) >= 11 is 0. The summed E-state index contributed by atoms with van der Waals surface area (Å²) in [6.07, 6.45) is 0. The molecule has 0 N–H and O–H groups in total. The lowest BCUT2D eigenvalue weighted by Crippen LogP contribution is -2.66. The van der Waals surface area contributed by atoms with E-state index in [0.717, 1.165) is 12.1 Å². The molecule has 56 heavy (non-hydrogen) atoms. The van der Waals surface area contributed by atoms with Gasteiger partial charge in [0.25, 0.3) is 13.4 Å². The monoisotopic (exact) mass is 803 g/mol. The number of anilines is 3. The van der Waals surface area contributed by atoms with Crippen LogP contribution in [0.4, 0.5) is 91.7 Å². The molecule has 0 amide bonds. The summed E-state index contributed by atoms with van der Waals surface area (Å²) in [5.41, 5.74) is -16.9. The summed E-state index contributed by atoms with van der Waals surface area (Å²) in [4.78, 5) is 0.467. The van der Waals surface area contributed by atoms with Crippen LogP contribution in [0.5, 0.6) is 0 Å². The van der Waals surface area contributed by atoms with Crippen LogP contribution in [0.15, 0.2) is 72.8 Å². The number of rotatable bonds is 2. The summed E-state index contributed by atoms with van der Waals surface area (Å²) in [6.45, 7) is -4.54. The smallest absolute Gasteiger partial charge is 0.313 e. The Morgan fingerprint density at radius 2 is 0.696 bits per heavy atom. The fourth-order valence-electron chi connectivity index (χ4n) is 8.41. The lowest BCUT2D eigenvalue weighted by Gasteiger charge is -2.44. The van der Waals surface area contributed by atoms with E-state index in [1.165, 1.54) is 0 Å². The van der Waals surface area contributed by atoms with Crippen LogP contribution in [0.3, 0.4) is 0 Å². The highest BCUT2D eigenvalue weighted by atomic mass is 19.4. The first-order valence-electron chi connectivity index (χ1n) is 16.1. The third-order valence-electron chi connectivity index (χ3n) is 10.9. The maximum absolute atomic E-state index is 15.9. The highest BCUT2D eigenvalue weighted by Gasteiger charge is 2.80. The van der Waals surface area contributed by atoms with E-state index in [1.807, 2.05) is 0 Å². The van der Waals surface area contributed by atoms with Gasteiger partial charge in [0.15, 0.2) is 0 Å². The molecule has 0 radical (unpaired) electrons. The molecule has 0 unspecified atom stereocenters. The van der Waals surface area contributed by atoms with Gasteiger partial charge in [-0.05, 0) is 70.4 Å². The zero-order chi connectivity index (χ0) is 40.6. The van der Waals surface area contributed by atoms with Crippen molar-refractivity contribution in [1.29, 1.82) is 0 Å². The minimum absolute atomic E-state index is 0.0100. The van der Waals surface area contributed by atoms with Crippen LogP contribution in [0.1, 0.15) is 22.3 Å². The first kappa shape index (κ1) is 36.5. The molecule has 0 bridgehead atoms. The van der Waals surface area contributed by atoms with Gasteiger partial charge in [-0.3, -0.25) is 0 Å². The third kappa shape index (κ3) is 4.02. The molecule has 2 heterocycles. The first-order chi connectivity index (χ1) is 25.9. The van der Waals surface area contributed by atoms with Crippen LogP contribution < -0.4 is 37.7 Å². The maximum atomic E-state index is 15.9. The molecule has 2 aliphatic heterocycles. The Bertz CT molecular complexity index is 2390. The van der Waals surface area contributed by atoms with Crippen LogP contribution in [-0.2, 0) is 23.7 Å². The largest absolute Gasteiger partial charge is 0.380 e. The van der Waals surface area contributed by atoms with Gasteiger partial charge in [0, 0.05) is 50.2 Å². The van der Waals surface area contributed by atoms with Gasteiger partial charge in [-0.15, -0.1) is 0 Å². The lowest BCUT2D eigenvalue weighted by molar-refractivity contribution is -0.302. The third-order valence-corrected chi connectivity index (χ3v) is 10.9. The van der Waals surface area contributed by atoms with Gasteiger partial charge in [0.1, 0.15) is 29.1 Å². The van der Waals surface area contributed by atoms with Crippen molar-refractivity contribution < 1.29 is 74.6 Å². The molecular weight excluding hydrogens is 791 g/mol. The Kier molecular flexibility index (Phi) is 6.91. The van der Waals surface area contributed by atoms with Crippen molar-refractivity contribution in [2.75, 3.05) is 4.90 Å². The van der Waals surface area contributed by atoms with Crippen molar-refractivity contribution >= 4 is 63.3 Å². The van der Waals surface area contributed by atoms with E-state index < -0.39 is 150 Å². The lowest BCUT2D eigenvalue weighted by atomic mass is 9.30. The van der Waals surface area contributed by atoms with Gasteiger partial charge < -0.3 is 4.90 Å². The van der Waals surface area contributed by atoms with Crippen LogP contribution in [-0.4, -0.2) is 25.3 Å². The standard InChI is InChI=1S/C36H12B2F17N/c39-13-7-20-30-21(8-13)38(29-24(42)5-2-6-25(29)43)19-10-15-17(34(50,51)36(54,55)32(15,46)47)12-27(19)56(30)26-11-16-14(31(44,45)35(52,53)33(16,48)49)9-18(26)37(20)28-22(40)3-1-4-23(28)41/h1-12H. The van der Waals surface area contributed by atoms with E-state index in [1.54, 1.807) is 0 Å². The van der Waals surface area contributed by atoms with Gasteiger partial charge in [-0.2, -0.15) is 52.7 Å². The number of benzene rings is 5. The SMILES string of the molecule is Fc1cc2c3c(c1)B(c1c(F)cccc1F)c1cc4c(cc1N3c1cc3c(cc1B2c1c(F)cccc1F)C(F)(F)C(F)(F)C3(F)F)C(F)(F)C(F)(F)C4(F)F. The second kappa shape index (κ2) is 10.6. The van der Waals surface area contributed by atoms with Crippen molar-refractivity contribution in [3.05, 3.63) is 124 Å². The zero-order valence-electron chi connectivity index (χ0n) is 27.0. The van der Waals surface area contributed by atoms with Gasteiger partial charge >= 0.3 is 35.5 Å². The van der Waals surface area contributed by atoms with Crippen molar-refractivity contribution in [3.63, 3.8) is 0 Å². The molecule has 0 atom stereocenters. The summed E-state index contributed by atoms with van der Waals surface area (Å²) in [7, 11) is 0. The quantitative estimate of drug-likeness (QED) is 0.133. The van der Waals surface area contributed by atoms with Crippen molar-refractivity contribution in [1.82, 2.24) is 0 Å². The summed E-state index contributed by atoms with van der Waals surface area (Å²) in [5.74, 6) is -42.6. The van der Waals surface area contributed by atoms with Crippen LogP contribution >= 0.6 is 0 Å². The average molecular weight is 803 g/mol. The van der Waals surface area contributed by atoms with Crippen LogP contribution in [0.25, 0.3) is 0 Å². The maximum Gasteiger partial charge on any atom is 0.380 e. The molecule has 2 aliphatic carbocycles. The second-order valence-corrected chi connectivity index (χ2v) is 13.8. The molecule has 0 spiro atoms. The van der Waals surface area contributed by atoms with E-state index in [9.17, 15) is 17.6 Å². The van der Waals surface area contributed by atoms with Crippen LogP contribution in [0.2, 0.25) is 0 Å². The number of halogens is 17. The number of fused-ring (bicyclic) bond motifs is 6. The topological polar surface area (TPSA) is 3.24 Å². The highest BCUT2D eigenvalue weighted by Crippen LogP contribution is 2.65. The molecule has 0 fully saturated rings. The van der Waals surface area contributed by atoms with Gasteiger partial charge in [0.2, 0.25) is 0 Å². The molecule has 5 aromatic rings. The van der Waals surface area contributed by atoms with Crippen molar-refractivity contribution in [2.45, 2.75) is 35.5 Å². The number of nitrogens with zero attached hydrogens (tertiary/aromatic N) is 1. The average Bonchev–Trinajstić information content (AvgIpc) is 3.27. The molecule has 0 saturated heterocycles. The van der Waals surface area contributed by atoms with Crippen molar-refractivity contribution in [3.8, 4) is 0 Å². The van der Waals surface area contributed by atoms with Gasteiger partial charge in [-0.1, -0.05) is 24.3 Å². The predicted octanol–water partition coefficient (Wildman–Crippen LogP) is 7.18. The molecular formula is C36H12B2F17N. The molecule has 9 rings (SSSR count). The Morgan fingerprint density at radius 3 is 1.02 bits per heavy atom. The van der Waals surface area contributed by atoms with E-state index in [4.69, 9.17) is 0 Å². The number of hydrogen-bond donors (Lipinski definition) is 0. The molecule has 4 aliphatic rings. The minimum Gasteiger partial charge on any atom is -0.313 e. The fraction of sp³-hybridized carbons (Fsp3) is 0.167. The van der Waals surface area contributed by atoms with E-state index in [2.05, 4.69) is 0 Å². The Balaban J connectivity index is 1.49. The molecule has 286 valence electrons. The highest BCUT2D eigenvalue weighted by molar-refractivity contribution is 7.02. The zero-order valence-corrected chi connectivity index (χ0v) is 27.0. The Labute approximate surface area is 302 Å². The fourth-order valence-corrected chi connectivity index (χ4v) is 8.41. The van der Waals surface area contributed by atoms with E-state index in [0.29, 0.717) is 41.3 Å². The number of alkyl halides is 12. The Hall–Kier alpha value is -5.16. The molecule has 5 aromatic carbocycles. The molecule has 20 heteroatoms. The second-order valence-electron chi connectivity index (χ2n) is 13.8. The number of hydrogen-bond acceptors (Lipinski definition) is 1.